The summed E-state index contributed by atoms with van der Waals surface area (Å²) in [5.41, 5.74) is 9.87. The fourth-order valence-corrected chi connectivity index (χ4v) is 2.05. The summed E-state index contributed by atoms with van der Waals surface area (Å²) in [5, 5.41) is 2.88. The first kappa shape index (κ1) is 13.6. The molecule has 0 spiro atoms. The number of anilines is 2. The van der Waals surface area contributed by atoms with E-state index < -0.39 is 0 Å². The van der Waals surface area contributed by atoms with Crippen LogP contribution in [0.5, 0.6) is 0 Å². The molecule has 0 radical (unpaired) electrons. The zero-order valence-electron chi connectivity index (χ0n) is 10.8. The first-order chi connectivity index (χ1) is 8.99. The standard InChI is InChI=1S/C15H15BrN2O/c1-9-3-8-13(17)14(10(9)2)18-15(19)11-4-6-12(16)7-5-11/h3-8H,17H2,1-2H3,(H,18,19). The molecular weight excluding hydrogens is 304 g/mol. The van der Waals surface area contributed by atoms with Crippen LogP contribution in [0.4, 0.5) is 11.4 Å². The number of amides is 1. The summed E-state index contributed by atoms with van der Waals surface area (Å²) >= 11 is 3.34. The Balaban J connectivity index is 2.29. The van der Waals surface area contributed by atoms with E-state index in [4.69, 9.17) is 5.73 Å². The Morgan fingerprint density at radius 2 is 1.74 bits per heavy atom. The molecule has 3 N–H and O–H groups in total. The highest BCUT2D eigenvalue weighted by Crippen LogP contribution is 2.26. The van der Waals surface area contributed by atoms with Crippen LogP contribution in [-0.2, 0) is 0 Å². The van der Waals surface area contributed by atoms with Gasteiger partial charge in [-0.2, -0.15) is 0 Å². The van der Waals surface area contributed by atoms with E-state index in [1.54, 1.807) is 18.2 Å². The molecule has 2 aromatic carbocycles. The SMILES string of the molecule is Cc1ccc(N)c(NC(=O)c2ccc(Br)cc2)c1C. The summed E-state index contributed by atoms with van der Waals surface area (Å²) in [6.45, 7) is 3.94. The molecule has 0 aliphatic heterocycles. The Kier molecular flexibility index (Phi) is 3.90. The van der Waals surface area contributed by atoms with Gasteiger partial charge in [-0.15, -0.1) is 0 Å². The van der Waals surface area contributed by atoms with E-state index in [-0.39, 0.29) is 5.91 Å². The molecule has 2 aromatic rings. The lowest BCUT2D eigenvalue weighted by atomic mass is 10.1. The van der Waals surface area contributed by atoms with Gasteiger partial charge in [-0.3, -0.25) is 4.79 Å². The molecule has 98 valence electrons. The summed E-state index contributed by atoms with van der Waals surface area (Å²) in [7, 11) is 0. The highest BCUT2D eigenvalue weighted by molar-refractivity contribution is 9.10. The number of rotatable bonds is 2. The monoisotopic (exact) mass is 318 g/mol. The summed E-state index contributed by atoms with van der Waals surface area (Å²) in [5.74, 6) is -0.159. The van der Waals surface area contributed by atoms with Gasteiger partial charge in [0, 0.05) is 10.0 Å². The number of halogens is 1. The van der Waals surface area contributed by atoms with Crippen LogP contribution in [0.25, 0.3) is 0 Å². The number of carbonyl (C=O) groups excluding carboxylic acids is 1. The van der Waals surface area contributed by atoms with Gasteiger partial charge >= 0.3 is 0 Å². The van der Waals surface area contributed by atoms with Crippen LogP contribution < -0.4 is 11.1 Å². The number of carbonyl (C=O) groups is 1. The predicted octanol–water partition coefficient (Wildman–Crippen LogP) is 3.90. The van der Waals surface area contributed by atoms with E-state index in [1.807, 2.05) is 32.0 Å². The zero-order chi connectivity index (χ0) is 14.0. The number of nitrogens with two attached hydrogens (primary N) is 1. The third kappa shape index (κ3) is 2.96. The van der Waals surface area contributed by atoms with E-state index in [1.165, 1.54) is 0 Å². The Bertz CT molecular complexity index is 621. The topological polar surface area (TPSA) is 55.1 Å². The van der Waals surface area contributed by atoms with Crippen LogP contribution in [0.2, 0.25) is 0 Å². The van der Waals surface area contributed by atoms with Gasteiger partial charge in [-0.05, 0) is 55.3 Å². The third-order valence-electron chi connectivity index (χ3n) is 3.11. The molecule has 19 heavy (non-hydrogen) atoms. The quantitative estimate of drug-likeness (QED) is 0.825. The van der Waals surface area contributed by atoms with Crippen molar-refractivity contribution in [3.8, 4) is 0 Å². The number of hydrogen-bond acceptors (Lipinski definition) is 2. The van der Waals surface area contributed by atoms with Crippen molar-refractivity contribution in [3.05, 3.63) is 57.6 Å². The largest absolute Gasteiger partial charge is 0.397 e. The second kappa shape index (κ2) is 5.45. The minimum absolute atomic E-state index is 0.159. The van der Waals surface area contributed by atoms with Crippen molar-refractivity contribution < 1.29 is 4.79 Å². The van der Waals surface area contributed by atoms with Gasteiger partial charge in [-0.1, -0.05) is 22.0 Å². The lowest BCUT2D eigenvalue weighted by Crippen LogP contribution is -2.14. The number of aryl methyl sites for hydroxylation is 1. The lowest BCUT2D eigenvalue weighted by molar-refractivity contribution is 0.102. The number of nitrogen functional groups attached to an aromatic ring is 1. The molecule has 0 saturated carbocycles. The van der Waals surface area contributed by atoms with Crippen molar-refractivity contribution in [1.29, 1.82) is 0 Å². The van der Waals surface area contributed by atoms with E-state index in [0.717, 1.165) is 15.6 Å². The van der Waals surface area contributed by atoms with E-state index in [9.17, 15) is 4.79 Å². The molecule has 1 amide bonds. The van der Waals surface area contributed by atoms with Crippen molar-refractivity contribution in [2.45, 2.75) is 13.8 Å². The van der Waals surface area contributed by atoms with E-state index >= 15 is 0 Å². The minimum Gasteiger partial charge on any atom is -0.397 e. The molecule has 0 aliphatic rings. The molecule has 0 bridgehead atoms. The highest BCUT2D eigenvalue weighted by Gasteiger charge is 2.11. The van der Waals surface area contributed by atoms with Crippen molar-refractivity contribution in [3.63, 3.8) is 0 Å². The Labute approximate surface area is 121 Å². The Morgan fingerprint density at radius 1 is 1.11 bits per heavy atom. The summed E-state index contributed by atoms with van der Waals surface area (Å²) in [4.78, 5) is 12.2. The summed E-state index contributed by atoms with van der Waals surface area (Å²) < 4.78 is 0.940. The van der Waals surface area contributed by atoms with E-state index in [2.05, 4.69) is 21.2 Å². The van der Waals surface area contributed by atoms with Gasteiger partial charge in [0.2, 0.25) is 0 Å². The van der Waals surface area contributed by atoms with Crippen molar-refractivity contribution in [2.75, 3.05) is 11.1 Å². The van der Waals surface area contributed by atoms with Gasteiger partial charge in [0.1, 0.15) is 0 Å². The zero-order valence-corrected chi connectivity index (χ0v) is 12.4. The van der Waals surface area contributed by atoms with Crippen LogP contribution >= 0.6 is 15.9 Å². The van der Waals surface area contributed by atoms with Crippen LogP contribution in [0.3, 0.4) is 0 Å². The fourth-order valence-electron chi connectivity index (χ4n) is 1.79. The fraction of sp³-hybridized carbons (Fsp3) is 0.133. The lowest BCUT2D eigenvalue weighted by Gasteiger charge is -2.13. The summed E-state index contributed by atoms with van der Waals surface area (Å²) in [6, 6.07) is 10.9. The third-order valence-corrected chi connectivity index (χ3v) is 3.64. The first-order valence-corrected chi connectivity index (χ1v) is 6.71. The Hall–Kier alpha value is -1.81. The van der Waals surface area contributed by atoms with Crippen molar-refractivity contribution in [2.24, 2.45) is 0 Å². The van der Waals surface area contributed by atoms with Gasteiger partial charge in [0.15, 0.2) is 0 Å². The molecule has 4 heteroatoms. The second-order valence-corrected chi connectivity index (χ2v) is 5.35. The molecule has 2 rings (SSSR count). The average Bonchev–Trinajstić information content (AvgIpc) is 2.40. The maximum Gasteiger partial charge on any atom is 0.255 e. The molecule has 0 unspecified atom stereocenters. The van der Waals surface area contributed by atoms with Crippen molar-refractivity contribution >= 4 is 33.2 Å². The normalized spacial score (nSPS) is 10.3. The first-order valence-electron chi connectivity index (χ1n) is 5.91. The molecule has 0 saturated heterocycles. The van der Waals surface area contributed by atoms with Gasteiger partial charge in [-0.25, -0.2) is 0 Å². The van der Waals surface area contributed by atoms with Gasteiger partial charge in [0.05, 0.1) is 11.4 Å². The van der Waals surface area contributed by atoms with Gasteiger partial charge in [0.25, 0.3) is 5.91 Å². The average molecular weight is 319 g/mol. The number of nitrogens with one attached hydrogen (secondary N) is 1. The molecular formula is C15H15BrN2O. The maximum atomic E-state index is 12.2. The molecule has 0 atom stereocenters. The van der Waals surface area contributed by atoms with Gasteiger partial charge < -0.3 is 11.1 Å². The van der Waals surface area contributed by atoms with E-state index in [0.29, 0.717) is 16.9 Å². The minimum atomic E-state index is -0.159. The second-order valence-electron chi connectivity index (χ2n) is 4.43. The summed E-state index contributed by atoms with van der Waals surface area (Å²) in [6.07, 6.45) is 0. The molecule has 0 fully saturated rings. The van der Waals surface area contributed by atoms with Crippen LogP contribution in [-0.4, -0.2) is 5.91 Å². The Morgan fingerprint density at radius 3 is 2.37 bits per heavy atom. The highest BCUT2D eigenvalue weighted by atomic mass is 79.9. The van der Waals surface area contributed by atoms with Crippen LogP contribution in [0.15, 0.2) is 40.9 Å². The predicted molar refractivity (Wildman–Crippen MR) is 82.4 cm³/mol. The van der Waals surface area contributed by atoms with Crippen LogP contribution in [0, 0.1) is 13.8 Å². The maximum absolute atomic E-state index is 12.2. The van der Waals surface area contributed by atoms with Crippen LogP contribution in [0.1, 0.15) is 21.5 Å². The number of hydrogen-bond donors (Lipinski definition) is 2. The molecule has 0 aromatic heterocycles. The molecule has 3 nitrogen and oxygen atoms in total. The molecule has 0 aliphatic carbocycles. The smallest absolute Gasteiger partial charge is 0.255 e. The molecule has 0 heterocycles. The van der Waals surface area contributed by atoms with Crippen molar-refractivity contribution in [1.82, 2.24) is 0 Å². The number of benzene rings is 2.